The highest BCUT2D eigenvalue weighted by molar-refractivity contribution is 5.96. The number of nitro benzene ring substituents is 1. The third-order valence-electron chi connectivity index (χ3n) is 4.94. The molecule has 8 nitrogen and oxygen atoms in total. The van der Waals surface area contributed by atoms with Crippen molar-refractivity contribution in [1.29, 1.82) is 0 Å². The zero-order chi connectivity index (χ0) is 22.3. The summed E-state index contributed by atoms with van der Waals surface area (Å²) in [5, 5.41) is 13.5. The largest absolute Gasteiger partial charge is 0.494 e. The van der Waals surface area contributed by atoms with Gasteiger partial charge in [0.25, 0.3) is 11.6 Å². The van der Waals surface area contributed by atoms with E-state index in [0.29, 0.717) is 0 Å². The lowest BCUT2D eigenvalue weighted by Crippen LogP contribution is -2.33. The van der Waals surface area contributed by atoms with Gasteiger partial charge in [-0.15, -0.1) is 0 Å². The third-order valence-corrected chi connectivity index (χ3v) is 4.94. The van der Waals surface area contributed by atoms with Gasteiger partial charge in [0.1, 0.15) is 5.75 Å². The third kappa shape index (κ3) is 5.56. The molecule has 0 spiro atoms. The average Bonchev–Trinajstić information content (AvgIpc) is 2.74. The molecule has 0 radical (unpaired) electrons. The van der Waals surface area contributed by atoms with Gasteiger partial charge < -0.3 is 14.8 Å². The van der Waals surface area contributed by atoms with Crippen LogP contribution in [0.2, 0.25) is 0 Å². The summed E-state index contributed by atoms with van der Waals surface area (Å²) in [6, 6.07) is 13.1. The van der Waals surface area contributed by atoms with Crippen molar-refractivity contribution >= 4 is 23.3 Å². The number of nitrogens with one attached hydrogen (secondary N) is 1. The molecule has 1 N–H and O–H groups in total. The van der Waals surface area contributed by atoms with Gasteiger partial charge in [0.2, 0.25) is 0 Å². The first-order valence-electron chi connectivity index (χ1n) is 9.67. The van der Waals surface area contributed by atoms with Crippen molar-refractivity contribution in [3.63, 3.8) is 0 Å². The van der Waals surface area contributed by atoms with Crippen LogP contribution in [0.1, 0.15) is 38.7 Å². The molecule has 1 amide bonds. The van der Waals surface area contributed by atoms with Crippen LogP contribution in [0.25, 0.3) is 0 Å². The van der Waals surface area contributed by atoms with Gasteiger partial charge in [-0.05, 0) is 24.5 Å². The Bertz CT molecular complexity index is 900. The van der Waals surface area contributed by atoms with Crippen LogP contribution in [-0.2, 0) is 14.3 Å². The Morgan fingerprint density at radius 2 is 1.80 bits per heavy atom. The van der Waals surface area contributed by atoms with E-state index in [1.807, 2.05) is 44.2 Å². The molecule has 0 aromatic heterocycles. The molecule has 0 heterocycles. The number of esters is 1. The zero-order valence-corrected chi connectivity index (χ0v) is 17.5. The molecule has 2 aromatic carbocycles. The number of methoxy groups -OCH3 is 1. The Kier molecular flexibility index (Phi) is 7.91. The Hall–Kier alpha value is -3.42. The lowest BCUT2D eigenvalue weighted by atomic mass is 9.85. The second-order valence-corrected chi connectivity index (χ2v) is 6.98. The van der Waals surface area contributed by atoms with Crippen molar-refractivity contribution < 1.29 is 24.0 Å². The quantitative estimate of drug-likeness (QED) is 0.372. The van der Waals surface area contributed by atoms with Gasteiger partial charge in [-0.25, -0.2) is 0 Å². The van der Waals surface area contributed by atoms with E-state index in [2.05, 4.69) is 5.32 Å². The topological polar surface area (TPSA) is 108 Å². The number of benzene rings is 2. The number of amides is 1. The summed E-state index contributed by atoms with van der Waals surface area (Å²) >= 11 is 0. The minimum Gasteiger partial charge on any atom is -0.494 e. The summed E-state index contributed by atoms with van der Waals surface area (Å²) in [4.78, 5) is 35.7. The van der Waals surface area contributed by atoms with E-state index in [9.17, 15) is 19.7 Å². The predicted octanol–water partition coefficient (Wildman–Crippen LogP) is 4.30. The molecule has 30 heavy (non-hydrogen) atoms. The minimum atomic E-state index is -1.06. The van der Waals surface area contributed by atoms with Crippen molar-refractivity contribution in [2.24, 2.45) is 5.92 Å². The van der Waals surface area contributed by atoms with Crippen molar-refractivity contribution in [3.8, 4) is 5.75 Å². The number of nitro groups is 1. The Labute approximate surface area is 175 Å². The molecular formula is C22H26N2O6. The predicted molar refractivity (Wildman–Crippen MR) is 112 cm³/mol. The van der Waals surface area contributed by atoms with Gasteiger partial charge in [0, 0.05) is 6.07 Å². The number of non-ortho nitro benzene ring substituents is 1. The number of carbonyl (C=O) groups is 2. The fourth-order valence-corrected chi connectivity index (χ4v) is 3.03. The van der Waals surface area contributed by atoms with E-state index < -0.39 is 28.8 Å². The van der Waals surface area contributed by atoms with E-state index in [0.717, 1.165) is 12.0 Å². The van der Waals surface area contributed by atoms with E-state index in [1.54, 1.807) is 0 Å². The van der Waals surface area contributed by atoms with Crippen molar-refractivity contribution in [3.05, 3.63) is 64.2 Å². The van der Waals surface area contributed by atoms with Gasteiger partial charge in [0.15, 0.2) is 6.10 Å². The summed E-state index contributed by atoms with van der Waals surface area (Å²) in [5.74, 6) is -1.36. The van der Waals surface area contributed by atoms with Gasteiger partial charge >= 0.3 is 5.97 Å². The van der Waals surface area contributed by atoms with Gasteiger partial charge in [-0.2, -0.15) is 0 Å². The van der Waals surface area contributed by atoms with Crippen LogP contribution < -0.4 is 10.1 Å². The molecular weight excluding hydrogens is 388 g/mol. The molecule has 2 rings (SSSR count). The van der Waals surface area contributed by atoms with Crippen molar-refractivity contribution in [2.45, 2.75) is 39.2 Å². The smallest absolute Gasteiger partial charge is 0.314 e. The van der Waals surface area contributed by atoms with Crippen molar-refractivity contribution in [2.75, 3.05) is 12.4 Å². The van der Waals surface area contributed by atoms with Crippen LogP contribution in [0.15, 0.2) is 48.5 Å². The van der Waals surface area contributed by atoms with Crippen LogP contribution in [-0.4, -0.2) is 30.0 Å². The van der Waals surface area contributed by atoms with Crippen molar-refractivity contribution in [1.82, 2.24) is 0 Å². The minimum absolute atomic E-state index is 0.0323. The normalized spacial score (nSPS) is 13.6. The summed E-state index contributed by atoms with van der Waals surface area (Å²) in [6.45, 7) is 5.43. The second kappa shape index (κ2) is 10.4. The molecule has 0 saturated carbocycles. The Morgan fingerprint density at radius 1 is 1.13 bits per heavy atom. The fraction of sp³-hybridized carbons (Fsp3) is 0.364. The second-order valence-electron chi connectivity index (χ2n) is 6.98. The first-order valence-corrected chi connectivity index (χ1v) is 9.67. The molecule has 0 aliphatic rings. The zero-order valence-electron chi connectivity index (χ0n) is 17.5. The number of rotatable bonds is 9. The maximum absolute atomic E-state index is 12.9. The molecule has 3 atom stereocenters. The standard InChI is InChI=1S/C22H26N2O6/c1-5-14(2)20(16-9-7-6-8-10-16)22(26)30-15(3)21(25)23-18-12-11-17(24(27)28)13-19(18)29-4/h6-15,20H,5H2,1-4H3,(H,23,25)/t14-,15+,20-/m1/s1. The lowest BCUT2D eigenvalue weighted by Gasteiger charge is -2.24. The maximum Gasteiger partial charge on any atom is 0.314 e. The number of nitrogens with zero attached hydrogens (tertiary/aromatic N) is 1. The Balaban J connectivity index is 2.12. The van der Waals surface area contributed by atoms with Crippen LogP contribution in [0.3, 0.4) is 0 Å². The highest BCUT2D eigenvalue weighted by Crippen LogP contribution is 2.30. The summed E-state index contributed by atoms with van der Waals surface area (Å²) < 4.78 is 10.6. The fourth-order valence-electron chi connectivity index (χ4n) is 3.03. The van der Waals surface area contributed by atoms with Gasteiger partial charge in [-0.1, -0.05) is 50.6 Å². The van der Waals surface area contributed by atoms with Crippen LogP contribution in [0.4, 0.5) is 11.4 Å². The number of anilines is 1. The molecule has 0 aliphatic heterocycles. The van der Waals surface area contributed by atoms with Gasteiger partial charge in [-0.3, -0.25) is 19.7 Å². The van der Waals surface area contributed by atoms with E-state index in [-0.39, 0.29) is 23.0 Å². The van der Waals surface area contributed by atoms with Crippen LogP contribution in [0, 0.1) is 16.0 Å². The molecule has 0 fully saturated rings. The summed E-state index contributed by atoms with van der Waals surface area (Å²) in [6.07, 6.45) is -0.289. The highest BCUT2D eigenvalue weighted by atomic mass is 16.6. The highest BCUT2D eigenvalue weighted by Gasteiger charge is 2.30. The molecule has 0 bridgehead atoms. The lowest BCUT2D eigenvalue weighted by molar-refractivity contribution is -0.384. The number of hydrogen-bond acceptors (Lipinski definition) is 6. The SMILES string of the molecule is CC[C@@H](C)[C@@H](C(=O)O[C@@H](C)C(=O)Nc1ccc([N+](=O)[O-])cc1OC)c1ccccc1. The van der Waals surface area contributed by atoms with E-state index >= 15 is 0 Å². The average molecular weight is 414 g/mol. The van der Waals surface area contributed by atoms with E-state index in [1.165, 1.54) is 32.2 Å². The summed E-state index contributed by atoms with van der Waals surface area (Å²) in [5.41, 5.74) is 0.919. The monoisotopic (exact) mass is 414 g/mol. The number of hydrogen-bond donors (Lipinski definition) is 1. The summed E-state index contributed by atoms with van der Waals surface area (Å²) in [7, 11) is 1.34. The molecule has 2 aromatic rings. The number of ether oxygens (including phenoxy) is 2. The first kappa shape index (κ1) is 22.9. The van der Waals surface area contributed by atoms with Gasteiger partial charge in [0.05, 0.1) is 29.7 Å². The molecule has 0 saturated heterocycles. The maximum atomic E-state index is 12.9. The molecule has 8 heteroatoms. The molecule has 0 aliphatic carbocycles. The first-order chi connectivity index (χ1) is 14.3. The molecule has 0 unspecified atom stereocenters. The number of carbonyl (C=O) groups excluding carboxylic acids is 2. The van der Waals surface area contributed by atoms with E-state index in [4.69, 9.17) is 9.47 Å². The Morgan fingerprint density at radius 3 is 2.37 bits per heavy atom. The van der Waals surface area contributed by atoms with Crippen LogP contribution >= 0.6 is 0 Å². The van der Waals surface area contributed by atoms with Crippen LogP contribution in [0.5, 0.6) is 5.75 Å². The molecule has 160 valence electrons.